The second-order valence-corrected chi connectivity index (χ2v) is 6.65. The lowest BCUT2D eigenvalue weighted by Crippen LogP contribution is -2.24. The maximum absolute atomic E-state index is 12.3. The Balaban J connectivity index is 1.76. The van der Waals surface area contributed by atoms with E-state index in [-0.39, 0.29) is 17.1 Å². The highest BCUT2D eigenvalue weighted by molar-refractivity contribution is 6.23. The van der Waals surface area contributed by atoms with Gasteiger partial charge in [0.2, 0.25) is 0 Å². The summed E-state index contributed by atoms with van der Waals surface area (Å²) in [5, 5.41) is 3.25. The molecule has 0 radical (unpaired) electrons. The second-order valence-electron chi connectivity index (χ2n) is 6.65. The summed E-state index contributed by atoms with van der Waals surface area (Å²) in [6, 6.07) is 8.21. The summed E-state index contributed by atoms with van der Waals surface area (Å²) in [6.45, 7) is 2.21. The van der Waals surface area contributed by atoms with E-state index in [4.69, 9.17) is 5.73 Å². The fraction of sp³-hybridized carbons (Fsp3) is 0.273. The van der Waals surface area contributed by atoms with Gasteiger partial charge in [0.05, 0.1) is 16.8 Å². The van der Waals surface area contributed by atoms with E-state index >= 15 is 0 Å². The van der Waals surface area contributed by atoms with Gasteiger partial charge in [-0.15, -0.1) is 0 Å². The largest absolute Gasteiger partial charge is 0.398 e. The summed E-state index contributed by atoms with van der Waals surface area (Å²) >= 11 is 0. The number of benzene rings is 1. The minimum Gasteiger partial charge on any atom is -0.398 e. The Hall–Kier alpha value is -2.88. The molecule has 1 aromatic carbocycles. The lowest BCUT2D eigenvalue weighted by Gasteiger charge is -2.21. The number of hydrogen-bond donors (Lipinski definition) is 2. The third-order valence-corrected chi connectivity index (χ3v) is 4.67. The molecule has 0 fully saturated rings. The first-order chi connectivity index (χ1) is 12.6. The Morgan fingerprint density at radius 3 is 2.27 bits per heavy atom. The number of unbranched alkanes of at least 4 members (excludes halogenated alkanes) is 3. The van der Waals surface area contributed by atoms with Crippen LogP contribution < -0.4 is 11.1 Å². The van der Waals surface area contributed by atoms with E-state index in [0.717, 1.165) is 12.1 Å². The Bertz CT molecular complexity index is 839. The van der Waals surface area contributed by atoms with Crippen LogP contribution in [0.4, 0.5) is 5.69 Å². The van der Waals surface area contributed by atoms with Gasteiger partial charge in [0.15, 0.2) is 11.6 Å². The van der Waals surface area contributed by atoms with Gasteiger partial charge >= 0.3 is 0 Å². The minimum absolute atomic E-state index is 0.207. The zero-order valence-corrected chi connectivity index (χ0v) is 15.0. The lowest BCUT2D eigenvalue weighted by atomic mass is 9.86. The Morgan fingerprint density at radius 2 is 1.54 bits per heavy atom. The van der Waals surface area contributed by atoms with Crippen LogP contribution in [0.15, 0.2) is 71.1 Å². The summed E-state index contributed by atoms with van der Waals surface area (Å²) in [5.41, 5.74) is 9.66. The summed E-state index contributed by atoms with van der Waals surface area (Å²) in [6.07, 6.45) is 12.0. The van der Waals surface area contributed by atoms with Crippen LogP contribution >= 0.6 is 0 Å². The summed E-state index contributed by atoms with van der Waals surface area (Å²) in [5.74, 6) is -0.440. The molecule has 0 aromatic heterocycles. The molecular weight excluding hydrogens is 324 g/mol. The zero-order chi connectivity index (χ0) is 18.5. The number of carbonyl (C=O) groups excluding carboxylic acids is 2. The van der Waals surface area contributed by atoms with Crippen molar-refractivity contribution in [2.45, 2.75) is 39.0 Å². The van der Waals surface area contributed by atoms with Gasteiger partial charge in [0, 0.05) is 11.4 Å². The molecule has 0 bridgehead atoms. The van der Waals surface area contributed by atoms with Crippen molar-refractivity contribution in [2.24, 2.45) is 5.73 Å². The normalized spacial score (nSPS) is 16.3. The molecule has 1 aromatic rings. The maximum Gasteiger partial charge on any atom is 0.188 e. The molecule has 134 valence electrons. The number of rotatable bonds is 7. The van der Waals surface area contributed by atoms with Crippen molar-refractivity contribution in [2.75, 3.05) is 5.32 Å². The van der Waals surface area contributed by atoms with Gasteiger partial charge in [-0.2, -0.15) is 0 Å². The van der Waals surface area contributed by atoms with Crippen molar-refractivity contribution >= 4 is 17.3 Å². The Kier molecular flexibility index (Phi) is 5.52. The molecule has 4 heteroatoms. The number of nitrogens with one attached hydrogen (secondary N) is 1. The highest BCUT2D eigenvalue weighted by Crippen LogP contribution is 2.29. The molecule has 3 rings (SSSR count). The number of carbonyl (C=O) groups is 2. The van der Waals surface area contributed by atoms with Gasteiger partial charge in [-0.05, 0) is 54.8 Å². The lowest BCUT2D eigenvalue weighted by molar-refractivity contribution is -0.114. The maximum atomic E-state index is 12.3. The molecule has 0 atom stereocenters. The Morgan fingerprint density at radius 1 is 0.846 bits per heavy atom. The first-order valence-electron chi connectivity index (χ1n) is 9.15. The molecule has 0 aliphatic heterocycles. The molecule has 0 spiro atoms. The van der Waals surface area contributed by atoms with Crippen LogP contribution in [0.1, 0.15) is 38.2 Å². The molecule has 3 N–H and O–H groups in total. The van der Waals surface area contributed by atoms with Crippen LogP contribution in [-0.2, 0) is 16.0 Å². The number of aryl methyl sites for hydroxylation is 1. The number of anilines is 1. The predicted molar refractivity (Wildman–Crippen MR) is 104 cm³/mol. The number of ketones is 2. The average Bonchev–Trinajstić information content (AvgIpc) is 2.65. The molecule has 2 aliphatic rings. The fourth-order valence-electron chi connectivity index (χ4n) is 3.23. The highest BCUT2D eigenvalue weighted by atomic mass is 16.1. The van der Waals surface area contributed by atoms with Crippen molar-refractivity contribution in [1.82, 2.24) is 0 Å². The first-order valence-corrected chi connectivity index (χ1v) is 9.15. The topological polar surface area (TPSA) is 72.2 Å². The summed E-state index contributed by atoms with van der Waals surface area (Å²) in [4.78, 5) is 24.4. The van der Waals surface area contributed by atoms with Gasteiger partial charge in [-0.1, -0.05) is 38.3 Å². The van der Waals surface area contributed by atoms with Crippen molar-refractivity contribution in [1.29, 1.82) is 0 Å². The van der Waals surface area contributed by atoms with E-state index in [0.29, 0.717) is 17.0 Å². The molecule has 0 saturated carbocycles. The number of fused-ring (bicyclic) bond motifs is 1. The minimum atomic E-state index is -0.233. The third kappa shape index (κ3) is 3.85. The van der Waals surface area contributed by atoms with Crippen molar-refractivity contribution in [3.8, 4) is 0 Å². The highest BCUT2D eigenvalue weighted by Gasteiger charge is 2.29. The van der Waals surface area contributed by atoms with Crippen molar-refractivity contribution in [3.63, 3.8) is 0 Å². The van der Waals surface area contributed by atoms with Gasteiger partial charge in [-0.25, -0.2) is 0 Å². The van der Waals surface area contributed by atoms with Crippen LogP contribution in [0.3, 0.4) is 0 Å². The van der Waals surface area contributed by atoms with Crippen molar-refractivity contribution < 1.29 is 9.59 Å². The van der Waals surface area contributed by atoms with Gasteiger partial charge in [0.25, 0.3) is 0 Å². The predicted octanol–water partition coefficient (Wildman–Crippen LogP) is 3.97. The standard InChI is InChI=1S/C22H24N2O2/c1-2-3-4-5-6-15-7-9-16(10-8-15)24-18-12-14-19(25)21-17(23)11-13-20(26)22(18)21/h7-14,24H,2-6,23H2,1H3. The Labute approximate surface area is 154 Å². The van der Waals surface area contributed by atoms with Crippen molar-refractivity contribution in [3.05, 3.63) is 76.7 Å². The first kappa shape index (κ1) is 17.9. The summed E-state index contributed by atoms with van der Waals surface area (Å²) < 4.78 is 0. The number of allylic oxidation sites excluding steroid dienone is 6. The molecule has 0 saturated heterocycles. The van der Waals surface area contributed by atoms with E-state index in [1.807, 2.05) is 12.1 Å². The second kappa shape index (κ2) is 8.00. The molecule has 0 unspecified atom stereocenters. The molecule has 26 heavy (non-hydrogen) atoms. The van der Waals surface area contributed by atoms with E-state index in [9.17, 15) is 9.59 Å². The van der Waals surface area contributed by atoms with E-state index in [1.54, 1.807) is 6.08 Å². The fourth-order valence-corrected chi connectivity index (χ4v) is 3.23. The number of hydrogen-bond acceptors (Lipinski definition) is 4. The molecule has 0 amide bonds. The molecule has 2 aliphatic carbocycles. The van der Waals surface area contributed by atoms with E-state index in [2.05, 4.69) is 24.4 Å². The van der Waals surface area contributed by atoms with Crippen LogP contribution in [0, 0.1) is 0 Å². The van der Waals surface area contributed by atoms with Crippen LogP contribution in [0.5, 0.6) is 0 Å². The molecule has 4 nitrogen and oxygen atoms in total. The molecular formula is C22H24N2O2. The van der Waals surface area contributed by atoms with Gasteiger partial charge in [0.1, 0.15) is 0 Å². The van der Waals surface area contributed by atoms with Crippen LogP contribution in [0.2, 0.25) is 0 Å². The molecule has 0 heterocycles. The third-order valence-electron chi connectivity index (χ3n) is 4.67. The van der Waals surface area contributed by atoms with E-state index < -0.39 is 0 Å². The van der Waals surface area contributed by atoms with Gasteiger partial charge < -0.3 is 11.1 Å². The van der Waals surface area contributed by atoms with Crippen LogP contribution in [0.25, 0.3) is 0 Å². The van der Waals surface area contributed by atoms with Gasteiger partial charge in [-0.3, -0.25) is 9.59 Å². The quantitative estimate of drug-likeness (QED) is 0.732. The SMILES string of the molecule is CCCCCCc1ccc(NC2=C3C(=O)C=CC(N)=C3C(=O)C=C2)cc1. The monoisotopic (exact) mass is 348 g/mol. The average molecular weight is 348 g/mol. The van der Waals surface area contributed by atoms with Crippen LogP contribution in [-0.4, -0.2) is 11.6 Å². The summed E-state index contributed by atoms with van der Waals surface area (Å²) in [7, 11) is 0. The number of nitrogens with two attached hydrogens (primary N) is 1. The zero-order valence-electron chi connectivity index (χ0n) is 15.0. The smallest absolute Gasteiger partial charge is 0.188 e. The van der Waals surface area contributed by atoms with E-state index in [1.165, 1.54) is 49.5 Å².